The minimum atomic E-state index is -0.386. The molecule has 0 saturated carbocycles. The van der Waals surface area contributed by atoms with Gasteiger partial charge in [-0.25, -0.2) is 0 Å². The summed E-state index contributed by atoms with van der Waals surface area (Å²) in [5, 5.41) is 5.03. The third-order valence-corrected chi connectivity index (χ3v) is 18.5. The molecule has 0 bridgehead atoms. The van der Waals surface area contributed by atoms with E-state index in [1.807, 2.05) is 12.1 Å². The van der Waals surface area contributed by atoms with Crippen molar-refractivity contribution < 1.29 is 9.31 Å². The summed E-state index contributed by atoms with van der Waals surface area (Å²) in [6.45, 7) is 8.37. The van der Waals surface area contributed by atoms with Crippen LogP contribution < -0.4 is 5.46 Å². The monoisotopic (exact) mass is 1350 g/mol. The van der Waals surface area contributed by atoms with Gasteiger partial charge in [-0.3, -0.25) is 0 Å². The highest BCUT2D eigenvalue weighted by molar-refractivity contribution is 14.1. The van der Waals surface area contributed by atoms with E-state index in [-0.39, 0.29) is 18.3 Å². The number of hydrogen-bond acceptors (Lipinski definition) is 2. The quantitative estimate of drug-likeness (QED) is 0.112. The van der Waals surface area contributed by atoms with E-state index in [0.29, 0.717) is 0 Å². The van der Waals surface area contributed by atoms with Crippen LogP contribution >= 0.6 is 54.5 Å². The van der Waals surface area contributed by atoms with Gasteiger partial charge in [-0.2, -0.15) is 0 Å². The summed E-state index contributed by atoms with van der Waals surface area (Å²) in [6.07, 6.45) is 0. The first kappa shape index (κ1) is 57.0. The molecule has 8 heteroatoms. The Morgan fingerprint density at radius 3 is 1.09 bits per heavy atom. The average Bonchev–Trinajstić information content (AvgIpc) is 1.83. The molecule has 0 amide bonds. The molecule has 0 spiro atoms. The molecule has 14 aromatic rings. The Labute approximate surface area is 534 Å². The van der Waals surface area contributed by atoms with Crippen molar-refractivity contribution in [2.24, 2.45) is 0 Å². The lowest BCUT2D eigenvalue weighted by Gasteiger charge is -2.32. The predicted molar refractivity (Wildman–Crippen MR) is 379 cm³/mol. The van der Waals surface area contributed by atoms with Gasteiger partial charge in [0.1, 0.15) is 0 Å². The minimum Gasteiger partial charge on any atom is -0.399 e. The maximum atomic E-state index is 6.34. The number of nitrogens with zero attached hydrogens (tertiary/aromatic N) is 2. The van der Waals surface area contributed by atoms with Crippen molar-refractivity contribution >= 4 is 111 Å². The first-order valence-electron chi connectivity index (χ1n) is 29.0. The van der Waals surface area contributed by atoms with Gasteiger partial charge in [0, 0.05) is 45.4 Å². The molecule has 1 fully saturated rings. The second-order valence-corrected chi connectivity index (χ2v) is 25.8. The molecule has 0 atom stereocenters. The van der Waals surface area contributed by atoms with Crippen LogP contribution in [0.1, 0.15) is 27.7 Å². The Morgan fingerprint density at radius 1 is 0.302 bits per heavy atom. The largest absolute Gasteiger partial charge is 0.494 e. The molecule has 418 valence electrons. The van der Waals surface area contributed by atoms with Crippen molar-refractivity contribution in [2.75, 3.05) is 0 Å². The summed E-state index contributed by atoms with van der Waals surface area (Å²) in [6, 6.07) is 104. The first-order chi connectivity index (χ1) is 41.8. The van der Waals surface area contributed by atoms with Crippen LogP contribution in [0.5, 0.6) is 0 Å². The van der Waals surface area contributed by atoms with E-state index in [2.05, 4.69) is 370 Å². The summed E-state index contributed by atoms with van der Waals surface area (Å²) in [7, 11) is -0.386. The van der Waals surface area contributed by atoms with Gasteiger partial charge in [-0.05, 0) is 202 Å². The van der Waals surface area contributed by atoms with E-state index in [1.165, 1.54) is 91.7 Å². The van der Waals surface area contributed by atoms with Crippen LogP contribution in [0.2, 0.25) is 0 Å². The van der Waals surface area contributed by atoms with Gasteiger partial charge in [0.05, 0.1) is 33.3 Å². The van der Waals surface area contributed by atoms with E-state index in [1.54, 1.807) is 0 Å². The normalized spacial score (nSPS) is 13.4. The summed E-state index contributed by atoms with van der Waals surface area (Å²) in [5.74, 6) is 0. The zero-order valence-electron chi connectivity index (χ0n) is 48.1. The molecule has 12 aromatic carbocycles. The summed E-state index contributed by atoms with van der Waals surface area (Å²) in [4.78, 5) is 0. The first-order valence-corrected chi connectivity index (χ1v) is 31.6. The van der Waals surface area contributed by atoms with Crippen LogP contribution in [0, 0.1) is 3.57 Å². The highest BCUT2D eigenvalue weighted by atomic mass is 127. The topological polar surface area (TPSA) is 28.3 Å². The van der Waals surface area contributed by atoms with E-state index >= 15 is 0 Å². The Hall–Kier alpha value is -8.09. The van der Waals surface area contributed by atoms with E-state index in [4.69, 9.17) is 9.31 Å². The fraction of sp³-hybridized carbons (Fsp3) is 0.0769. The number of benzene rings is 12. The molecular formula is C78H60BBr2IN2O2. The highest BCUT2D eigenvalue weighted by Gasteiger charge is 2.51. The molecule has 1 aliphatic rings. The summed E-state index contributed by atoms with van der Waals surface area (Å²) >= 11 is 9.16. The number of rotatable bonds is 8. The Morgan fingerprint density at radius 2 is 0.628 bits per heavy atom. The molecule has 0 unspecified atom stereocenters. The third kappa shape index (κ3) is 11.7. The van der Waals surface area contributed by atoms with Gasteiger partial charge in [0.15, 0.2) is 0 Å². The second-order valence-electron chi connectivity index (χ2n) is 22.7. The Bertz CT molecular complexity index is 4680. The van der Waals surface area contributed by atoms with Crippen molar-refractivity contribution in [3.8, 4) is 67.0 Å². The Balaban J connectivity index is 0.000000141. The van der Waals surface area contributed by atoms with Crippen LogP contribution in [0.15, 0.2) is 300 Å². The minimum absolute atomic E-state index is 0.371. The van der Waals surface area contributed by atoms with E-state index < -0.39 is 0 Å². The SMILES string of the molecule is Brc1ccc(-c2cccc(-c3ccc4c5ccccc5n(-c5ccc(-c6ccccc6)cc5)c4c3)c2)cc1.Brc1ccc(I)cc1.CC1(C)OB(c2cccc(-c3ccc4c5ccccc5n(-c5ccc(-c6ccccc6)cc5)c4c3)c2)OC1(C)C. The maximum absolute atomic E-state index is 6.34. The van der Waals surface area contributed by atoms with Crippen molar-refractivity contribution in [1.29, 1.82) is 0 Å². The summed E-state index contributed by atoms with van der Waals surface area (Å²) in [5.41, 5.74) is 19.5. The molecule has 1 saturated heterocycles. The zero-order valence-corrected chi connectivity index (χ0v) is 53.5. The van der Waals surface area contributed by atoms with Crippen LogP contribution in [0.3, 0.4) is 0 Å². The number of hydrogen-bond donors (Lipinski definition) is 0. The molecule has 1 aliphatic heterocycles. The number of halogens is 3. The Kier molecular flexibility index (Phi) is 16.1. The molecule has 86 heavy (non-hydrogen) atoms. The molecular weight excluding hydrogens is 1290 g/mol. The fourth-order valence-corrected chi connectivity index (χ4v) is 12.4. The van der Waals surface area contributed by atoms with Crippen molar-refractivity contribution in [3.63, 3.8) is 0 Å². The van der Waals surface area contributed by atoms with Gasteiger partial charge >= 0.3 is 7.12 Å². The second kappa shape index (κ2) is 24.4. The fourth-order valence-electron chi connectivity index (χ4n) is 11.5. The van der Waals surface area contributed by atoms with Crippen molar-refractivity contribution in [2.45, 2.75) is 38.9 Å². The molecule has 0 aliphatic carbocycles. The number of fused-ring (bicyclic) bond motifs is 6. The van der Waals surface area contributed by atoms with E-state index in [9.17, 15) is 0 Å². The van der Waals surface area contributed by atoms with Gasteiger partial charge in [-0.1, -0.05) is 232 Å². The van der Waals surface area contributed by atoms with Crippen LogP contribution in [0.25, 0.3) is 111 Å². The van der Waals surface area contributed by atoms with Crippen molar-refractivity contribution in [3.05, 3.63) is 304 Å². The van der Waals surface area contributed by atoms with Crippen LogP contribution in [-0.2, 0) is 9.31 Å². The number of aromatic nitrogens is 2. The van der Waals surface area contributed by atoms with Gasteiger partial charge in [0.25, 0.3) is 0 Å². The lowest BCUT2D eigenvalue weighted by atomic mass is 9.78. The predicted octanol–water partition coefficient (Wildman–Crippen LogP) is 22.0. The van der Waals surface area contributed by atoms with E-state index in [0.717, 1.165) is 36.9 Å². The summed E-state index contributed by atoms with van der Waals surface area (Å²) < 4.78 is 20.9. The van der Waals surface area contributed by atoms with Gasteiger partial charge in [0.2, 0.25) is 0 Å². The van der Waals surface area contributed by atoms with Crippen LogP contribution in [-0.4, -0.2) is 27.5 Å². The third-order valence-electron chi connectivity index (χ3n) is 16.7. The maximum Gasteiger partial charge on any atom is 0.494 e. The molecule has 15 rings (SSSR count). The molecule has 0 radical (unpaired) electrons. The average molecular weight is 1350 g/mol. The lowest BCUT2D eigenvalue weighted by Crippen LogP contribution is -2.41. The van der Waals surface area contributed by atoms with Crippen molar-refractivity contribution in [1.82, 2.24) is 9.13 Å². The number of para-hydroxylation sites is 2. The van der Waals surface area contributed by atoms with Gasteiger partial charge in [-0.15, -0.1) is 0 Å². The lowest BCUT2D eigenvalue weighted by molar-refractivity contribution is 0.00578. The van der Waals surface area contributed by atoms with Gasteiger partial charge < -0.3 is 18.4 Å². The molecule has 2 aromatic heterocycles. The highest BCUT2D eigenvalue weighted by Crippen LogP contribution is 2.40. The zero-order chi connectivity index (χ0) is 58.9. The van der Waals surface area contributed by atoms with Crippen LogP contribution in [0.4, 0.5) is 0 Å². The standard InChI is InChI=1S/C36H32BNO2.C36H24BrN.C6H4BrI/c1-35(2)36(3,4)40-37(39-35)29-14-10-13-27(23-29)28-19-22-32-31-15-8-9-16-33(31)38(34(32)24-28)30-20-17-26(18-21-30)25-11-6-5-7-12-25;37-31-18-13-27(14-19-31)28-9-6-10-29(23-28)30-17-22-34-33-11-4-5-12-35(33)38(36(34)24-30)32-20-15-26(16-21-32)25-7-2-1-3-8-25;7-5-1-3-6(8)4-2-5/h5-24H,1-4H3;1-24H;1-4H. The molecule has 3 heterocycles. The molecule has 4 nitrogen and oxygen atoms in total. The molecule has 0 N–H and O–H groups in total. The smallest absolute Gasteiger partial charge is 0.399 e.